The van der Waals surface area contributed by atoms with Crippen LogP contribution >= 0.6 is 11.8 Å². The molecule has 0 bridgehead atoms. The molecule has 0 N–H and O–H groups in total. The van der Waals surface area contributed by atoms with Gasteiger partial charge in [-0.05, 0) is 60.7 Å². The van der Waals surface area contributed by atoms with Gasteiger partial charge in [-0.3, -0.25) is 9.59 Å². The molecular weight excluding hydrogens is 394 g/mol. The molecule has 0 saturated carbocycles. The molecule has 2 amide bonds. The highest BCUT2D eigenvalue weighted by Crippen LogP contribution is 2.40. The molecule has 0 aromatic heterocycles. The van der Waals surface area contributed by atoms with E-state index in [0.29, 0.717) is 28.7 Å². The third-order valence-electron chi connectivity index (χ3n) is 4.87. The molecule has 1 aliphatic rings. The van der Waals surface area contributed by atoms with Crippen molar-refractivity contribution in [3.05, 3.63) is 64.1 Å². The average molecular weight is 424 g/mol. The molecule has 0 unspecified atom stereocenters. The van der Waals surface area contributed by atoms with E-state index in [4.69, 9.17) is 4.74 Å². The molecule has 4 nitrogen and oxygen atoms in total. The molecule has 1 aliphatic heterocycles. The van der Waals surface area contributed by atoms with Crippen molar-refractivity contribution in [3.8, 4) is 5.75 Å². The first kappa shape index (κ1) is 22.2. The van der Waals surface area contributed by atoms with Gasteiger partial charge in [0, 0.05) is 5.25 Å². The maximum absolute atomic E-state index is 13.4. The van der Waals surface area contributed by atoms with Crippen molar-refractivity contribution >= 4 is 34.8 Å². The number of carbonyl (C=O) groups is 2. The lowest BCUT2D eigenvalue weighted by Gasteiger charge is -2.16. The van der Waals surface area contributed by atoms with Gasteiger partial charge in [0.05, 0.1) is 22.8 Å². The Bertz CT molecular complexity index is 990. The molecule has 1 heterocycles. The summed E-state index contributed by atoms with van der Waals surface area (Å²) in [5, 5.41) is 0.185. The molecule has 0 fully saturated rings. The Kier molecular flexibility index (Phi) is 6.71. The molecule has 0 aliphatic carbocycles. The zero-order chi connectivity index (χ0) is 22.0. The van der Waals surface area contributed by atoms with Gasteiger partial charge in [0.2, 0.25) is 0 Å². The molecule has 0 radical (unpaired) electrons. The lowest BCUT2D eigenvalue weighted by molar-refractivity contribution is -0.119. The minimum Gasteiger partial charge on any atom is -0.493 e. The fourth-order valence-corrected chi connectivity index (χ4v) is 4.18. The highest BCUT2D eigenvalue weighted by Gasteiger charge is 2.40. The zero-order valence-electron chi connectivity index (χ0n) is 18.5. The number of ether oxygens (including phenoxy) is 1. The van der Waals surface area contributed by atoms with E-state index in [1.807, 2.05) is 58.0 Å². The van der Waals surface area contributed by atoms with Crippen LogP contribution in [0.3, 0.4) is 0 Å². The van der Waals surface area contributed by atoms with Crippen LogP contribution in [-0.4, -0.2) is 23.7 Å². The van der Waals surface area contributed by atoms with Crippen LogP contribution < -0.4 is 9.64 Å². The van der Waals surface area contributed by atoms with Crippen LogP contribution in [0.2, 0.25) is 0 Å². The summed E-state index contributed by atoms with van der Waals surface area (Å²) in [6.45, 7) is 12.9. The van der Waals surface area contributed by atoms with Gasteiger partial charge < -0.3 is 4.74 Å². The van der Waals surface area contributed by atoms with Crippen molar-refractivity contribution < 1.29 is 14.3 Å². The summed E-state index contributed by atoms with van der Waals surface area (Å²) in [5.74, 6) is 0.613. The number of amides is 2. The summed E-state index contributed by atoms with van der Waals surface area (Å²) in [4.78, 5) is 28.5. The Balaban J connectivity index is 1.96. The lowest BCUT2D eigenvalue weighted by Crippen LogP contribution is -2.31. The topological polar surface area (TPSA) is 46.6 Å². The van der Waals surface area contributed by atoms with E-state index in [-0.39, 0.29) is 17.1 Å². The smallest absolute Gasteiger partial charge is 0.272 e. The van der Waals surface area contributed by atoms with E-state index < -0.39 is 0 Å². The molecule has 0 spiro atoms. The number of nitrogens with zero attached hydrogens (tertiary/aromatic N) is 1. The average Bonchev–Trinajstić information content (AvgIpc) is 2.92. The number of thioether (sulfide) groups is 1. The summed E-state index contributed by atoms with van der Waals surface area (Å²) >= 11 is 1.44. The van der Waals surface area contributed by atoms with Gasteiger partial charge in [-0.25, -0.2) is 4.90 Å². The van der Waals surface area contributed by atoms with E-state index in [2.05, 4.69) is 13.8 Å². The predicted molar refractivity (Wildman–Crippen MR) is 125 cm³/mol. The van der Waals surface area contributed by atoms with Gasteiger partial charge in [0.1, 0.15) is 5.75 Å². The number of rotatable bonds is 7. The summed E-state index contributed by atoms with van der Waals surface area (Å²) < 4.78 is 5.72. The molecule has 2 aromatic rings. The molecule has 3 rings (SSSR count). The van der Waals surface area contributed by atoms with Crippen molar-refractivity contribution in [1.82, 2.24) is 0 Å². The molecule has 0 saturated heterocycles. The first-order chi connectivity index (χ1) is 14.2. The fraction of sp³-hybridized carbons (Fsp3) is 0.360. The normalized spacial score (nSPS) is 14.5. The summed E-state index contributed by atoms with van der Waals surface area (Å²) in [5.41, 5.74) is 4.09. The van der Waals surface area contributed by atoms with E-state index in [1.54, 1.807) is 12.1 Å². The molecule has 158 valence electrons. The largest absolute Gasteiger partial charge is 0.493 e. The highest BCUT2D eigenvalue weighted by atomic mass is 32.2. The first-order valence-corrected chi connectivity index (χ1v) is 11.2. The molecule has 0 atom stereocenters. The summed E-state index contributed by atoms with van der Waals surface area (Å²) in [6.07, 6.45) is 0. The Morgan fingerprint density at radius 1 is 0.900 bits per heavy atom. The molecular formula is C25H29NO3S. The van der Waals surface area contributed by atoms with Crippen molar-refractivity contribution in [1.29, 1.82) is 0 Å². The second kappa shape index (κ2) is 9.09. The van der Waals surface area contributed by atoms with Crippen LogP contribution in [0.1, 0.15) is 44.4 Å². The minimum atomic E-state index is -0.276. The van der Waals surface area contributed by atoms with Gasteiger partial charge in [0.25, 0.3) is 11.8 Å². The Morgan fingerprint density at radius 3 is 2.13 bits per heavy atom. The number of aryl methyl sites for hydroxylation is 2. The Morgan fingerprint density at radius 2 is 1.57 bits per heavy atom. The second-order valence-corrected chi connectivity index (χ2v) is 9.90. The summed E-state index contributed by atoms with van der Waals surface area (Å²) in [7, 11) is 0. The van der Waals surface area contributed by atoms with E-state index in [0.717, 1.165) is 22.4 Å². The maximum Gasteiger partial charge on any atom is 0.272 e. The maximum atomic E-state index is 13.4. The highest BCUT2D eigenvalue weighted by molar-refractivity contribution is 8.04. The van der Waals surface area contributed by atoms with Crippen LogP contribution in [0.5, 0.6) is 5.75 Å². The van der Waals surface area contributed by atoms with Gasteiger partial charge in [0.15, 0.2) is 0 Å². The number of hydrogen-bond donors (Lipinski definition) is 0. The number of imide groups is 1. The van der Waals surface area contributed by atoms with Gasteiger partial charge in [-0.2, -0.15) is 0 Å². The fourth-order valence-electron chi connectivity index (χ4n) is 3.20. The van der Waals surface area contributed by atoms with E-state index in [9.17, 15) is 9.59 Å². The quantitative estimate of drug-likeness (QED) is 0.531. The van der Waals surface area contributed by atoms with Crippen molar-refractivity contribution in [3.63, 3.8) is 0 Å². The van der Waals surface area contributed by atoms with Gasteiger partial charge >= 0.3 is 0 Å². The second-order valence-electron chi connectivity index (χ2n) is 8.31. The van der Waals surface area contributed by atoms with Crippen molar-refractivity contribution in [2.24, 2.45) is 5.92 Å². The Labute approximate surface area is 183 Å². The van der Waals surface area contributed by atoms with Crippen molar-refractivity contribution in [2.75, 3.05) is 11.5 Å². The number of carbonyl (C=O) groups excluding carboxylic acids is 2. The van der Waals surface area contributed by atoms with E-state index in [1.165, 1.54) is 16.7 Å². The number of hydrogen-bond acceptors (Lipinski definition) is 4. The minimum absolute atomic E-state index is 0.185. The van der Waals surface area contributed by atoms with Crippen LogP contribution in [0.4, 0.5) is 5.69 Å². The van der Waals surface area contributed by atoms with Crippen LogP contribution in [-0.2, 0) is 9.59 Å². The van der Waals surface area contributed by atoms with Crippen molar-refractivity contribution in [2.45, 2.75) is 46.8 Å². The molecule has 30 heavy (non-hydrogen) atoms. The van der Waals surface area contributed by atoms with Crippen LogP contribution in [0, 0.1) is 19.8 Å². The number of anilines is 1. The third-order valence-corrected chi connectivity index (χ3v) is 5.95. The van der Waals surface area contributed by atoms with E-state index >= 15 is 0 Å². The monoisotopic (exact) mass is 423 g/mol. The van der Waals surface area contributed by atoms with Gasteiger partial charge in [-0.1, -0.05) is 45.9 Å². The Hall–Kier alpha value is -2.53. The predicted octanol–water partition coefficient (Wildman–Crippen LogP) is 5.76. The van der Waals surface area contributed by atoms with Gasteiger partial charge in [-0.15, -0.1) is 11.8 Å². The number of benzene rings is 2. The molecule has 2 aromatic carbocycles. The standard InChI is InChI=1S/C25H29NO3S/c1-15(2)14-29-21-11-9-20(10-12-21)26-24(27)22(23(25(26)28)30-16(3)4)19-8-7-17(5)18(6)13-19/h7-13,15-16H,14H2,1-6H3. The zero-order valence-corrected chi connectivity index (χ0v) is 19.3. The lowest BCUT2D eigenvalue weighted by atomic mass is 10.0. The first-order valence-electron chi connectivity index (χ1n) is 10.3. The molecule has 5 heteroatoms. The summed E-state index contributed by atoms with van der Waals surface area (Å²) in [6, 6.07) is 13.1. The van der Waals surface area contributed by atoms with Crippen LogP contribution in [0.25, 0.3) is 5.57 Å². The third kappa shape index (κ3) is 4.62. The van der Waals surface area contributed by atoms with Crippen LogP contribution in [0.15, 0.2) is 47.4 Å². The SMILES string of the molecule is Cc1ccc(C2=C(SC(C)C)C(=O)N(c3ccc(OCC(C)C)cc3)C2=O)cc1C.